The van der Waals surface area contributed by atoms with Gasteiger partial charge in [-0.3, -0.25) is 24.2 Å². The van der Waals surface area contributed by atoms with E-state index in [1.165, 1.54) is 17.6 Å². The Morgan fingerprint density at radius 2 is 1.93 bits per heavy atom. The Morgan fingerprint density at radius 1 is 1.14 bits per heavy atom. The molecule has 19 nitrogen and oxygen atoms in total. The highest BCUT2D eigenvalue weighted by Gasteiger charge is 2.55. The summed E-state index contributed by atoms with van der Waals surface area (Å²) in [5.41, 5.74) is 12.6. The number of thiol groups is 1. The van der Waals surface area contributed by atoms with Crippen LogP contribution in [0.5, 0.6) is 0 Å². The Hall–Kier alpha value is -1.91. The summed E-state index contributed by atoms with van der Waals surface area (Å²) in [5, 5.41) is 13.6. The molecule has 1 amide bonds. The number of aromatic nitrogens is 3. The van der Waals surface area contributed by atoms with Gasteiger partial charge in [0.05, 0.1) is 36.6 Å². The number of carbonyl (C=O) groups excluding carboxylic acids is 1. The lowest BCUT2D eigenvalue weighted by Gasteiger charge is -2.34. The highest BCUT2D eigenvalue weighted by Crippen LogP contribution is 2.58. The van der Waals surface area contributed by atoms with Crippen LogP contribution in [0.2, 0.25) is 0 Å². The smallest absolute Gasteiger partial charge is 0.386 e. The maximum atomic E-state index is 13.5. The quantitative estimate of drug-likeness (QED) is 0.164. The van der Waals surface area contributed by atoms with E-state index in [1.54, 1.807) is 0 Å². The number of guanidine groups is 1. The van der Waals surface area contributed by atoms with E-state index in [-0.39, 0.29) is 24.8 Å². The SMILES string of the molecule is NC1=NC2C(N=CN2[C@@H]2O[C@@H]3COP(O)(=S)O[C@H]4C[C@H](c5snc6c(N)ncnc56)O[C@@H]4COP(=O)(S)O[C@@H]2[C@@H]3O)C(=O)N1. The molecule has 7 heterocycles. The summed E-state index contributed by atoms with van der Waals surface area (Å²) in [6.45, 7) is -9.02. The third-order valence-corrected chi connectivity index (χ3v) is 11.6. The first-order chi connectivity index (χ1) is 20.9. The number of rotatable bonds is 2. The van der Waals surface area contributed by atoms with Crippen LogP contribution in [0.1, 0.15) is 17.4 Å². The highest BCUT2D eigenvalue weighted by atomic mass is 32.7. The van der Waals surface area contributed by atoms with Crippen LogP contribution in [0.4, 0.5) is 5.82 Å². The summed E-state index contributed by atoms with van der Waals surface area (Å²) in [5.74, 6) is -0.426. The Labute approximate surface area is 262 Å². The summed E-state index contributed by atoms with van der Waals surface area (Å²) in [6, 6.07) is -0.955. The van der Waals surface area contributed by atoms with Crippen LogP contribution in [-0.4, -0.2) is 110 Å². The second-order valence-electron chi connectivity index (χ2n) is 10.3. The number of nitrogen functional groups attached to an aromatic ring is 1. The van der Waals surface area contributed by atoms with Crippen LogP contribution in [0.3, 0.4) is 0 Å². The van der Waals surface area contributed by atoms with E-state index in [9.17, 15) is 19.4 Å². The standard InChI is InChI=1S/C20H25N9O10P2S3/c21-16-11-10(23-4-24-16)15(44-28-11)7-1-6-8(36-7)2-34-41(33,43)39-14-13(30)9(3-35-40(32,42)38-6)37-19(14)29-5-25-12-17(29)26-20(22)27-18(12)31/h4-9,12-14,17,19,30H,1-3H2,(H,32,42)(H,33,43)(H2,21,23,24)(H3,22,26,27,31)/t6-,7+,8+,9+,12?,13+,14+,17?,19+,40?,41?/m0/s1. The number of aliphatic hydroxyl groups is 1. The van der Waals surface area contributed by atoms with Crippen molar-refractivity contribution in [2.75, 3.05) is 18.9 Å². The largest absolute Gasteiger partial charge is 0.387 e. The maximum Gasteiger partial charge on any atom is 0.386 e. The molecule has 2 bridgehead atoms. The molecule has 0 radical (unpaired) electrons. The number of carbonyl (C=O) groups is 1. The van der Waals surface area contributed by atoms with Crippen LogP contribution >= 0.6 is 37.3 Å². The van der Waals surface area contributed by atoms with Gasteiger partial charge in [0, 0.05) is 6.42 Å². The average molecular weight is 710 g/mol. The molecule has 2 aromatic heterocycles. The first-order valence-electron chi connectivity index (χ1n) is 13.0. The summed E-state index contributed by atoms with van der Waals surface area (Å²) in [4.78, 5) is 42.0. The topological polar surface area (TPSA) is 261 Å². The number of amides is 1. The molecule has 7 rings (SSSR count). The fourth-order valence-corrected chi connectivity index (χ4v) is 9.28. The predicted molar refractivity (Wildman–Crippen MR) is 159 cm³/mol. The van der Waals surface area contributed by atoms with Crippen molar-refractivity contribution in [2.45, 2.75) is 61.5 Å². The molecule has 24 heteroatoms. The first kappa shape index (κ1) is 30.7. The van der Waals surface area contributed by atoms with Gasteiger partial charge in [-0.05, 0) is 23.3 Å². The zero-order valence-corrected chi connectivity index (χ0v) is 26.4. The minimum atomic E-state index is -4.24. The summed E-state index contributed by atoms with van der Waals surface area (Å²) in [6.07, 6.45) is -5.83. The molecule has 44 heavy (non-hydrogen) atoms. The molecular formula is C20H25N9O10P2S3. The molecule has 3 fully saturated rings. The van der Waals surface area contributed by atoms with Gasteiger partial charge in [-0.25, -0.2) is 19.5 Å². The fraction of sp³-hybridized carbons (Fsp3) is 0.600. The van der Waals surface area contributed by atoms with Crippen molar-refractivity contribution in [1.29, 1.82) is 0 Å². The van der Waals surface area contributed by atoms with Crippen molar-refractivity contribution in [3.63, 3.8) is 0 Å². The predicted octanol–water partition coefficient (Wildman–Crippen LogP) is -0.861. The second kappa shape index (κ2) is 11.4. The molecule has 5 aliphatic rings. The number of anilines is 1. The van der Waals surface area contributed by atoms with Gasteiger partial charge in [0.1, 0.15) is 41.8 Å². The van der Waals surface area contributed by atoms with Gasteiger partial charge in [-0.1, -0.05) is 12.2 Å². The van der Waals surface area contributed by atoms with E-state index in [4.69, 9.17) is 50.8 Å². The van der Waals surface area contributed by atoms with Gasteiger partial charge in [-0.15, -0.1) is 0 Å². The summed E-state index contributed by atoms with van der Waals surface area (Å²) < 4.78 is 52.9. The number of aliphatic hydroxyl groups excluding tert-OH is 1. The molecule has 238 valence electrons. The monoisotopic (exact) mass is 709 g/mol. The molecule has 5 aliphatic heterocycles. The lowest BCUT2D eigenvalue weighted by atomic mass is 10.1. The molecular weight excluding hydrogens is 684 g/mol. The molecule has 0 spiro atoms. The van der Waals surface area contributed by atoms with E-state index >= 15 is 0 Å². The number of ether oxygens (including phenoxy) is 2. The van der Waals surface area contributed by atoms with Crippen LogP contribution in [-0.2, 0) is 48.7 Å². The van der Waals surface area contributed by atoms with E-state index in [2.05, 4.69) is 41.9 Å². The average Bonchev–Trinajstić information content (AvgIpc) is 3.72. The van der Waals surface area contributed by atoms with Gasteiger partial charge in [0.15, 0.2) is 30.2 Å². The Bertz CT molecular complexity index is 1650. The molecule has 2 aromatic rings. The second-order valence-corrected chi connectivity index (χ2v) is 16.7. The first-order valence-corrected chi connectivity index (χ1v) is 19.1. The molecule has 3 saturated heterocycles. The lowest BCUT2D eigenvalue weighted by molar-refractivity contribution is -0.124. The van der Waals surface area contributed by atoms with Crippen LogP contribution in [0, 0.1) is 0 Å². The van der Waals surface area contributed by atoms with E-state index < -0.39 is 81.1 Å². The molecule has 11 atom stereocenters. The Balaban J connectivity index is 1.15. The molecule has 7 N–H and O–H groups in total. The Morgan fingerprint density at radius 3 is 2.75 bits per heavy atom. The third kappa shape index (κ3) is 5.65. The highest BCUT2D eigenvalue weighted by molar-refractivity contribution is 8.44. The van der Waals surface area contributed by atoms with Crippen molar-refractivity contribution >= 4 is 84.2 Å². The van der Waals surface area contributed by atoms with E-state index in [0.717, 1.165) is 11.5 Å². The number of nitrogens with zero attached hydrogens (tertiary/aromatic N) is 6. The fourth-order valence-electron chi connectivity index (χ4n) is 5.47. The molecule has 0 aliphatic carbocycles. The normalized spacial score (nSPS) is 42.6. The summed E-state index contributed by atoms with van der Waals surface area (Å²) >= 11 is 10.5. The van der Waals surface area contributed by atoms with Crippen LogP contribution in [0.15, 0.2) is 16.3 Å². The molecule has 4 unspecified atom stereocenters. The van der Waals surface area contributed by atoms with Crippen molar-refractivity contribution in [1.82, 2.24) is 24.6 Å². The zero-order valence-electron chi connectivity index (χ0n) is 22.1. The van der Waals surface area contributed by atoms with Gasteiger partial charge < -0.3 is 44.9 Å². The number of fused-ring (bicyclic) bond motifs is 5. The maximum absolute atomic E-state index is 13.5. The van der Waals surface area contributed by atoms with Crippen molar-refractivity contribution in [2.24, 2.45) is 15.7 Å². The van der Waals surface area contributed by atoms with Gasteiger partial charge in [-0.2, -0.15) is 4.37 Å². The van der Waals surface area contributed by atoms with Gasteiger partial charge in [0.2, 0.25) is 0 Å². The van der Waals surface area contributed by atoms with E-state index in [0.29, 0.717) is 15.9 Å². The van der Waals surface area contributed by atoms with E-state index in [1.807, 2.05) is 0 Å². The minimum Gasteiger partial charge on any atom is -0.387 e. The van der Waals surface area contributed by atoms with Gasteiger partial charge >= 0.3 is 13.5 Å². The Kier molecular flexibility index (Phi) is 7.97. The number of nitrogens with two attached hydrogens (primary N) is 2. The van der Waals surface area contributed by atoms with Crippen LogP contribution < -0.4 is 16.8 Å². The van der Waals surface area contributed by atoms with Crippen molar-refractivity contribution in [3.05, 3.63) is 11.2 Å². The van der Waals surface area contributed by atoms with Crippen molar-refractivity contribution in [3.8, 4) is 0 Å². The molecule has 0 saturated carbocycles. The van der Waals surface area contributed by atoms with Crippen molar-refractivity contribution < 1.29 is 46.9 Å². The molecule has 0 aromatic carbocycles. The van der Waals surface area contributed by atoms with Gasteiger partial charge in [0.25, 0.3) is 5.91 Å². The zero-order chi connectivity index (χ0) is 31.0. The number of aliphatic imine (C=N–C) groups is 2. The lowest BCUT2D eigenvalue weighted by Crippen LogP contribution is -2.57. The number of nitrogens with one attached hydrogen (secondary N) is 1. The van der Waals surface area contributed by atoms with Crippen LogP contribution in [0.25, 0.3) is 11.0 Å². The summed E-state index contributed by atoms with van der Waals surface area (Å²) in [7, 11) is 0. The third-order valence-electron chi connectivity index (χ3n) is 7.49. The minimum absolute atomic E-state index is 0.141. The number of hydrogen-bond donors (Lipinski definition) is 6. The number of hydrogen-bond acceptors (Lipinski definition) is 19.